The Bertz CT molecular complexity index is 390. The third-order valence-electron chi connectivity index (χ3n) is 3.28. The molecule has 1 atom stereocenters. The second-order valence-corrected chi connectivity index (χ2v) is 4.93. The molecule has 4 heteroatoms. The highest BCUT2D eigenvalue weighted by atomic mass is 16.5. The fourth-order valence-corrected chi connectivity index (χ4v) is 2.08. The third-order valence-corrected chi connectivity index (χ3v) is 3.28. The van der Waals surface area contributed by atoms with Gasteiger partial charge in [0.1, 0.15) is 5.54 Å². The van der Waals surface area contributed by atoms with Crippen molar-refractivity contribution < 1.29 is 9.53 Å². The van der Waals surface area contributed by atoms with Gasteiger partial charge in [-0.1, -0.05) is 18.2 Å². The summed E-state index contributed by atoms with van der Waals surface area (Å²) in [4.78, 5) is 13.8. The summed E-state index contributed by atoms with van der Waals surface area (Å²) in [6.45, 7) is 5.65. The number of para-hydroxylation sites is 1. The molecule has 1 rings (SSSR count). The molecule has 19 heavy (non-hydrogen) atoms. The Balaban J connectivity index is 2.49. The van der Waals surface area contributed by atoms with Crippen LogP contribution in [0.1, 0.15) is 26.7 Å². The van der Waals surface area contributed by atoms with Crippen LogP contribution in [0.25, 0.3) is 0 Å². The first-order chi connectivity index (χ1) is 9.01. The second-order valence-electron chi connectivity index (χ2n) is 4.93. The number of nitrogens with zero attached hydrogens (tertiary/aromatic N) is 1. The molecule has 1 unspecified atom stereocenters. The standard InChI is InChI=1S/C15H24N2O2/c1-4-17(13-9-6-5-7-10-13)12-8-11-15(2,16)14(18)19-3/h5-7,9-10H,4,8,11-12,16H2,1-3H3. The Hall–Kier alpha value is -1.55. The van der Waals surface area contributed by atoms with E-state index in [1.54, 1.807) is 6.92 Å². The summed E-state index contributed by atoms with van der Waals surface area (Å²) in [6.07, 6.45) is 1.47. The van der Waals surface area contributed by atoms with Crippen LogP contribution in [0.4, 0.5) is 5.69 Å². The van der Waals surface area contributed by atoms with Crippen molar-refractivity contribution in [2.75, 3.05) is 25.1 Å². The van der Waals surface area contributed by atoms with E-state index in [9.17, 15) is 4.79 Å². The Labute approximate surface area is 115 Å². The van der Waals surface area contributed by atoms with E-state index in [1.165, 1.54) is 12.8 Å². The molecule has 2 N–H and O–H groups in total. The van der Waals surface area contributed by atoms with Crippen LogP contribution in [0.15, 0.2) is 30.3 Å². The van der Waals surface area contributed by atoms with E-state index in [4.69, 9.17) is 10.5 Å². The Morgan fingerprint density at radius 2 is 2.00 bits per heavy atom. The van der Waals surface area contributed by atoms with Gasteiger partial charge in [0.2, 0.25) is 0 Å². The van der Waals surface area contributed by atoms with Gasteiger partial charge in [0, 0.05) is 18.8 Å². The maximum atomic E-state index is 11.5. The average Bonchev–Trinajstić information content (AvgIpc) is 2.43. The molecule has 0 fully saturated rings. The van der Waals surface area contributed by atoms with Crippen LogP contribution in [0.3, 0.4) is 0 Å². The first-order valence-corrected chi connectivity index (χ1v) is 6.68. The number of anilines is 1. The molecule has 0 aliphatic rings. The SMILES string of the molecule is CCN(CCCC(C)(N)C(=O)OC)c1ccccc1. The van der Waals surface area contributed by atoms with Gasteiger partial charge in [-0.05, 0) is 38.8 Å². The van der Waals surface area contributed by atoms with Gasteiger partial charge in [-0.2, -0.15) is 0 Å². The predicted molar refractivity (Wildman–Crippen MR) is 78.2 cm³/mol. The quantitative estimate of drug-likeness (QED) is 0.767. The topological polar surface area (TPSA) is 55.6 Å². The maximum Gasteiger partial charge on any atom is 0.325 e. The second kappa shape index (κ2) is 7.14. The largest absolute Gasteiger partial charge is 0.468 e. The zero-order valence-corrected chi connectivity index (χ0v) is 12.1. The number of hydrogen-bond acceptors (Lipinski definition) is 4. The highest BCUT2D eigenvalue weighted by Gasteiger charge is 2.28. The molecule has 0 saturated heterocycles. The first kappa shape index (κ1) is 15.5. The molecule has 1 aromatic carbocycles. The van der Waals surface area contributed by atoms with Crippen LogP contribution in [-0.4, -0.2) is 31.7 Å². The molecule has 0 amide bonds. The normalized spacial score (nSPS) is 13.7. The summed E-state index contributed by atoms with van der Waals surface area (Å²) in [5.41, 5.74) is 6.24. The first-order valence-electron chi connectivity index (χ1n) is 6.68. The molecular weight excluding hydrogens is 240 g/mol. The molecule has 0 saturated carbocycles. The number of ether oxygens (including phenoxy) is 1. The number of benzene rings is 1. The monoisotopic (exact) mass is 264 g/mol. The fourth-order valence-electron chi connectivity index (χ4n) is 2.08. The number of carbonyl (C=O) groups excluding carboxylic acids is 1. The van der Waals surface area contributed by atoms with Gasteiger partial charge in [0.05, 0.1) is 7.11 Å². The lowest BCUT2D eigenvalue weighted by Crippen LogP contribution is -2.46. The Morgan fingerprint density at radius 1 is 1.37 bits per heavy atom. The molecule has 0 bridgehead atoms. The summed E-state index contributed by atoms with van der Waals surface area (Å²) >= 11 is 0. The van der Waals surface area contributed by atoms with Gasteiger partial charge in [-0.15, -0.1) is 0 Å². The van der Waals surface area contributed by atoms with Gasteiger partial charge < -0.3 is 15.4 Å². The van der Waals surface area contributed by atoms with Crippen molar-refractivity contribution in [3.63, 3.8) is 0 Å². The molecule has 0 radical (unpaired) electrons. The van der Waals surface area contributed by atoms with Crippen molar-refractivity contribution in [2.45, 2.75) is 32.2 Å². The summed E-state index contributed by atoms with van der Waals surface area (Å²) in [5.74, 6) is -0.352. The zero-order chi connectivity index (χ0) is 14.3. The number of methoxy groups -OCH3 is 1. The molecule has 4 nitrogen and oxygen atoms in total. The van der Waals surface area contributed by atoms with Crippen LogP contribution in [0.5, 0.6) is 0 Å². The van der Waals surface area contributed by atoms with E-state index in [-0.39, 0.29) is 5.97 Å². The number of nitrogens with two attached hydrogens (primary N) is 1. The van der Waals surface area contributed by atoms with E-state index < -0.39 is 5.54 Å². The van der Waals surface area contributed by atoms with Crippen molar-refractivity contribution in [1.29, 1.82) is 0 Å². The molecule has 106 valence electrons. The molecule has 0 spiro atoms. The lowest BCUT2D eigenvalue weighted by molar-refractivity contribution is -0.146. The van der Waals surface area contributed by atoms with Crippen molar-refractivity contribution in [3.05, 3.63) is 30.3 Å². The van der Waals surface area contributed by atoms with Gasteiger partial charge in [-0.25, -0.2) is 0 Å². The molecule has 0 aliphatic heterocycles. The lowest BCUT2D eigenvalue weighted by Gasteiger charge is -2.26. The number of esters is 1. The van der Waals surface area contributed by atoms with Crippen molar-refractivity contribution >= 4 is 11.7 Å². The van der Waals surface area contributed by atoms with Crippen molar-refractivity contribution in [3.8, 4) is 0 Å². The number of carbonyl (C=O) groups is 1. The summed E-state index contributed by atoms with van der Waals surface area (Å²) in [6, 6.07) is 10.2. The van der Waals surface area contributed by atoms with E-state index >= 15 is 0 Å². The maximum absolute atomic E-state index is 11.5. The molecule has 0 aliphatic carbocycles. The zero-order valence-electron chi connectivity index (χ0n) is 12.1. The molecule has 1 aromatic rings. The molecular formula is C15H24N2O2. The van der Waals surface area contributed by atoms with Gasteiger partial charge in [0.15, 0.2) is 0 Å². The minimum Gasteiger partial charge on any atom is -0.468 e. The fraction of sp³-hybridized carbons (Fsp3) is 0.533. The minimum absolute atomic E-state index is 0.352. The summed E-state index contributed by atoms with van der Waals surface area (Å²) in [7, 11) is 1.37. The number of rotatable bonds is 7. The minimum atomic E-state index is -0.898. The van der Waals surface area contributed by atoms with Gasteiger partial charge in [0.25, 0.3) is 0 Å². The Kier molecular flexibility index (Phi) is 5.83. The van der Waals surface area contributed by atoms with Gasteiger partial charge in [-0.3, -0.25) is 4.79 Å². The highest BCUT2D eigenvalue weighted by Crippen LogP contribution is 2.16. The highest BCUT2D eigenvalue weighted by molar-refractivity contribution is 5.79. The predicted octanol–water partition coefficient (Wildman–Crippen LogP) is 2.18. The van der Waals surface area contributed by atoms with Crippen LogP contribution >= 0.6 is 0 Å². The molecule has 0 heterocycles. The van der Waals surface area contributed by atoms with Gasteiger partial charge >= 0.3 is 5.97 Å². The van der Waals surface area contributed by atoms with E-state index in [1.807, 2.05) is 18.2 Å². The average molecular weight is 264 g/mol. The van der Waals surface area contributed by atoms with E-state index in [0.717, 1.165) is 19.5 Å². The lowest BCUT2D eigenvalue weighted by atomic mass is 9.97. The smallest absolute Gasteiger partial charge is 0.325 e. The summed E-state index contributed by atoms with van der Waals surface area (Å²) < 4.78 is 4.71. The van der Waals surface area contributed by atoms with Crippen LogP contribution < -0.4 is 10.6 Å². The number of hydrogen-bond donors (Lipinski definition) is 1. The Morgan fingerprint density at radius 3 is 2.53 bits per heavy atom. The van der Waals surface area contributed by atoms with Crippen molar-refractivity contribution in [1.82, 2.24) is 0 Å². The summed E-state index contributed by atoms with van der Waals surface area (Å²) in [5, 5.41) is 0. The van der Waals surface area contributed by atoms with Crippen LogP contribution in [0.2, 0.25) is 0 Å². The van der Waals surface area contributed by atoms with E-state index in [0.29, 0.717) is 6.42 Å². The van der Waals surface area contributed by atoms with Crippen LogP contribution in [-0.2, 0) is 9.53 Å². The van der Waals surface area contributed by atoms with Crippen LogP contribution in [0, 0.1) is 0 Å². The van der Waals surface area contributed by atoms with Crippen molar-refractivity contribution in [2.24, 2.45) is 5.73 Å². The third kappa shape index (κ3) is 4.56. The molecule has 0 aromatic heterocycles. The van der Waals surface area contributed by atoms with E-state index in [2.05, 4.69) is 24.0 Å².